The van der Waals surface area contributed by atoms with Gasteiger partial charge in [0.15, 0.2) is 11.5 Å². The zero-order chi connectivity index (χ0) is 28.1. The molecule has 5 rings (SSSR count). The molecule has 1 unspecified atom stereocenters. The van der Waals surface area contributed by atoms with Gasteiger partial charge in [-0.1, -0.05) is 48.5 Å². The van der Waals surface area contributed by atoms with Crippen LogP contribution in [0.2, 0.25) is 0 Å². The van der Waals surface area contributed by atoms with Crippen LogP contribution in [-0.4, -0.2) is 73.7 Å². The molecule has 1 atom stereocenters. The van der Waals surface area contributed by atoms with Crippen molar-refractivity contribution in [2.45, 2.75) is 38.3 Å². The molecular weight excluding hydrogens is 510 g/mol. The third-order valence-corrected chi connectivity index (χ3v) is 7.85. The highest BCUT2D eigenvalue weighted by Gasteiger charge is 2.32. The Kier molecular flexibility index (Phi) is 8.50. The number of hydrogen-bond donors (Lipinski definition) is 1. The van der Waals surface area contributed by atoms with Crippen LogP contribution in [0.15, 0.2) is 60.7 Å². The second-order valence-electron chi connectivity index (χ2n) is 10.3. The van der Waals surface area contributed by atoms with Gasteiger partial charge >= 0.3 is 5.97 Å². The van der Waals surface area contributed by atoms with E-state index in [9.17, 15) is 14.4 Å². The Morgan fingerprint density at radius 1 is 1.02 bits per heavy atom. The predicted octanol–water partition coefficient (Wildman–Crippen LogP) is 3.45. The van der Waals surface area contributed by atoms with E-state index in [0.717, 1.165) is 31.5 Å². The fourth-order valence-electron chi connectivity index (χ4n) is 5.60. The molecule has 0 saturated carbocycles. The van der Waals surface area contributed by atoms with Gasteiger partial charge in [0.05, 0.1) is 20.1 Å². The minimum absolute atomic E-state index is 0.0960. The number of nitrogens with zero attached hydrogens (tertiary/aromatic N) is 2. The summed E-state index contributed by atoms with van der Waals surface area (Å²) in [5, 5.41) is 5.04. The molecule has 0 bridgehead atoms. The molecule has 3 aromatic rings. The number of fused-ring (bicyclic) bond motifs is 2. The second kappa shape index (κ2) is 12.4. The molecule has 0 radical (unpaired) electrons. The maximum atomic E-state index is 13.6. The Labute approximate surface area is 234 Å². The maximum Gasteiger partial charge on any atom is 0.325 e. The number of rotatable bonds is 9. The van der Waals surface area contributed by atoms with Crippen molar-refractivity contribution in [1.29, 1.82) is 0 Å². The topological polar surface area (TPSA) is 97.4 Å². The van der Waals surface area contributed by atoms with Crippen LogP contribution >= 0.6 is 0 Å². The van der Waals surface area contributed by atoms with E-state index in [1.54, 1.807) is 11.0 Å². The Morgan fingerprint density at radius 3 is 2.58 bits per heavy atom. The number of carbonyl (C=O) groups is 3. The molecule has 9 nitrogen and oxygen atoms in total. The zero-order valence-electron chi connectivity index (χ0n) is 22.9. The first-order chi connectivity index (χ1) is 19.4. The van der Waals surface area contributed by atoms with Crippen LogP contribution in [0.1, 0.15) is 36.9 Å². The molecule has 2 aliphatic heterocycles. The monoisotopic (exact) mass is 545 g/mol. The summed E-state index contributed by atoms with van der Waals surface area (Å²) < 4.78 is 15.5. The molecule has 1 N–H and O–H groups in total. The second-order valence-corrected chi connectivity index (χ2v) is 10.3. The first-order valence-electron chi connectivity index (χ1n) is 13.7. The van der Waals surface area contributed by atoms with Crippen molar-refractivity contribution in [1.82, 2.24) is 15.1 Å². The largest absolute Gasteiger partial charge is 0.468 e. The lowest BCUT2D eigenvalue weighted by Gasteiger charge is -2.41. The molecule has 2 heterocycles. The van der Waals surface area contributed by atoms with Crippen LogP contribution in [0.5, 0.6) is 11.5 Å². The lowest BCUT2D eigenvalue weighted by Crippen LogP contribution is -2.51. The highest BCUT2D eigenvalue weighted by Crippen LogP contribution is 2.33. The Balaban J connectivity index is 1.27. The van der Waals surface area contributed by atoms with Crippen molar-refractivity contribution >= 4 is 28.6 Å². The van der Waals surface area contributed by atoms with Gasteiger partial charge in [0.25, 0.3) is 0 Å². The van der Waals surface area contributed by atoms with Gasteiger partial charge < -0.3 is 24.4 Å². The normalized spacial score (nSPS) is 15.9. The average molecular weight is 546 g/mol. The number of piperidine rings is 1. The third-order valence-electron chi connectivity index (χ3n) is 7.85. The van der Waals surface area contributed by atoms with Crippen molar-refractivity contribution < 1.29 is 28.6 Å². The number of ether oxygens (including phenoxy) is 3. The van der Waals surface area contributed by atoms with Crippen LogP contribution in [0.3, 0.4) is 0 Å². The van der Waals surface area contributed by atoms with Gasteiger partial charge in [0.1, 0.15) is 6.54 Å². The van der Waals surface area contributed by atoms with E-state index >= 15 is 0 Å². The molecule has 0 spiro atoms. The number of benzene rings is 3. The van der Waals surface area contributed by atoms with E-state index in [1.165, 1.54) is 23.4 Å². The molecule has 9 heteroatoms. The number of esters is 1. The van der Waals surface area contributed by atoms with Crippen molar-refractivity contribution in [3.8, 4) is 11.5 Å². The average Bonchev–Trinajstić information content (AvgIpc) is 3.46. The molecule has 3 aromatic carbocycles. The maximum absolute atomic E-state index is 13.6. The number of hydrogen-bond acceptors (Lipinski definition) is 7. The SMILES string of the molecule is COC(=O)CNC(=O)CN(C(=O)Cc1ccc2c(c1)OCO2)C1CCN(C(C)c2cccc3ccccc23)CC1. The third kappa shape index (κ3) is 6.20. The van der Waals surface area contributed by atoms with E-state index < -0.39 is 11.9 Å². The number of nitrogens with one attached hydrogen (secondary N) is 1. The first kappa shape index (κ1) is 27.5. The van der Waals surface area contributed by atoms with Gasteiger partial charge in [0.2, 0.25) is 18.6 Å². The smallest absolute Gasteiger partial charge is 0.325 e. The zero-order valence-corrected chi connectivity index (χ0v) is 22.9. The minimum Gasteiger partial charge on any atom is -0.468 e. The summed E-state index contributed by atoms with van der Waals surface area (Å²) in [4.78, 5) is 42.0. The molecule has 2 aliphatic rings. The molecule has 0 aromatic heterocycles. The quantitative estimate of drug-likeness (QED) is 0.412. The van der Waals surface area contributed by atoms with Crippen LogP contribution in [0, 0.1) is 0 Å². The standard InChI is InChI=1S/C31H35N3O6/c1-21(25-9-5-7-23-6-3-4-8-26(23)25)33-14-12-24(13-15-33)34(19-29(35)32-18-31(37)38-2)30(36)17-22-10-11-27-28(16-22)40-20-39-27/h3-11,16,21,24H,12-15,17-20H2,1-2H3,(H,32,35). The summed E-state index contributed by atoms with van der Waals surface area (Å²) in [5.74, 6) is 0.192. The van der Waals surface area contributed by atoms with Gasteiger partial charge in [-0.25, -0.2) is 0 Å². The van der Waals surface area contributed by atoms with Crippen LogP contribution in [0.4, 0.5) is 0 Å². The number of methoxy groups -OCH3 is 1. The van der Waals surface area contributed by atoms with E-state index in [1.807, 2.05) is 12.1 Å². The highest BCUT2D eigenvalue weighted by molar-refractivity contribution is 5.88. The van der Waals surface area contributed by atoms with Crippen molar-refractivity contribution in [3.05, 3.63) is 71.8 Å². The lowest BCUT2D eigenvalue weighted by molar-refractivity contribution is -0.142. The molecule has 0 aliphatic carbocycles. The molecular formula is C31H35N3O6. The van der Waals surface area contributed by atoms with E-state index in [-0.39, 0.29) is 44.3 Å². The first-order valence-corrected chi connectivity index (χ1v) is 13.7. The van der Waals surface area contributed by atoms with Crippen molar-refractivity contribution in [3.63, 3.8) is 0 Å². The van der Waals surface area contributed by atoms with Crippen molar-refractivity contribution in [2.24, 2.45) is 0 Å². The van der Waals surface area contributed by atoms with E-state index in [0.29, 0.717) is 11.5 Å². The van der Waals surface area contributed by atoms with Gasteiger partial charge in [-0.2, -0.15) is 0 Å². The number of carbonyl (C=O) groups excluding carboxylic acids is 3. The number of amides is 2. The Hall–Kier alpha value is -4.11. The molecule has 210 valence electrons. The Bertz CT molecular complexity index is 1380. The summed E-state index contributed by atoms with van der Waals surface area (Å²) in [6.07, 6.45) is 1.62. The Morgan fingerprint density at radius 2 is 1.77 bits per heavy atom. The fraction of sp³-hybridized carbons (Fsp3) is 0.387. The summed E-state index contributed by atoms with van der Waals surface area (Å²) in [7, 11) is 1.27. The highest BCUT2D eigenvalue weighted by atomic mass is 16.7. The summed E-state index contributed by atoms with van der Waals surface area (Å²) in [6.45, 7) is 3.63. The van der Waals surface area contributed by atoms with Gasteiger partial charge in [0, 0.05) is 25.2 Å². The molecule has 2 amide bonds. The number of likely N-dealkylation sites (tertiary alicyclic amines) is 1. The molecule has 1 saturated heterocycles. The summed E-state index contributed by atoms with van der Waals surface area (Å²) >= 11 is 0. The van der Waals surface area contributed by atoms with E-state index in [4.69, 9.17) is 9.47 Å². The van der Waals surface area contributed by atoms with Crippen LogP contribution < -0.4 is 14.8 Å². The van der Waals surface area contributed by atoms with E-state index in [2.05, 4.69) is 64.3 Å². The minimum atomic E-state index is -0.540. The van der Waals surface area contributed by atoms with Gasteiger partial charge in [-0.05, 0) is 53.8 Å². The molecule has 40 heavy (non-hydrogen) atoms. The summed E-state index contributed by atoms with van der Waals surface area (Å²) in [5.41, 5.74) is 2.07. The van der Waals surface area contributed by atoms with Gasteiger partial charge in [-0.3, -0.25) is 19.3 Å². The van der Waals surface area contributed by atoms with Gasteiger partial charge in [-0.15, -0.1) is 0 Å². The van der Waals surface area contributed by atoms with Crippen LogP contribution in [-0.2, 0) is 25.5 Å². The fourth-order valence-corrected chi connectivity index (χ4v) is 5.60. The summed E-state index contributed by atoms with van der Waals surface area (Å²) in [6, 6.07) is 20.4. The van der Waals surface area contributed by atoms with Crippen molar-refractivity contribution in [2.75, 3.05) is 40.1 Å². The lowest BCUT2D eigenvalue weighted by atomic mass is 9.95. The molecule has 1 fully saturated rings. The van der Waals surface area contributed by atoms with Crippen LogP contribution in [0.25, 0.3) is 10.8 Å². The predicted molar refractivity (Wildman–Crippen MR) is 150 cm³/mol.